The van der Waals surface area contributed by atoms with Gasteiger partial charge in [-0.25, -0.2) is 4.98 Å². The summed E-state index contributed by atoms with van der Waals surface area (Å²) in [6, 6.07) is 0. The minimum atomic E-state index is -0.188. The van der Waals surface area contributed by atoms with Crippen LogP contribution in [0, 0.1) is 0 Å². The molecule has 1 aromatic rings. The molecule has 0 atom stereocenters. The summed E-state index contributed by atoms with van der Waals surface area (Å²) in [6.07, 6.45) is 2.58. The number of carbonyl (C=O) groups is 1. The second kappa shape index (κ2) is 8.53. The van der Waals surface area contributed by atoms with Crippen LogP contribution in [0.25, 0.3) is 0 Å². The fourth-order valence-corrected chi connectivity index (χ4v) is 1.56. The Morgan fingerprint density at radius 2 is 2.21 bits per heavy atom. The number of nitrogens with zero attached hydrogens (tertiary/aromatic N) is 2. The average Bonchev–Trinajstić information content (AvgIpc) is 2.39. The molecule has 0 aromatic carbocycles. The van der Waals surface area contributed by atoms with E-state index in [1.54, 1.807) is 13.1 Å². The molecule has 1 aromatic heterocycles. The van der Waals surface area contributed by atoms with E-state index in [1.807, 2.05) is 6.92 Å². The van der Waals surface area contributed by atoms with Crippen molar-refractivity contribution >= 4 is 29.3 Å². The van der Waals surface area contributed by atoms with Crippen LogP contribution < -0.4 is 10.6 Å². The topological polar surface area (TPSA) is 76.1 Å². The summed E-state index contributed by atoms with van der Waals surface area (Å²) >= 11 is 5.98. The Labute approximate surface area is 117 Å². The standard InChI is InChI=1S/C12H19ClN4O2/c1-3-14-12-16-8-9(13)11(17-12)15-7-5-6-10(18)19-4-2/h8H,3-7H2,1-2H3,(H2,14,15,16,17). The number of ether oxygens (including phenoxy) is 1. The lowest BCUT2D eigenvalue weighted by molar-refractivity contribution is -0.143. The molecule has 7 heteroatoms. The van der Waals surface area contributed by atoms with E-state index in [9.17, 15) is 4.79 Å². The molecule has 6 nitrogen and oxygen atoms in total. The van der Waals surface area contributed by atoms with E-state index >= 15 is 0 Å². The Morgan fingerprint density at radius 3 is 2.89 bits per heavy atom. The zero-order valence-corrected chi connectivity index (χ0v) is 12.0. The van der Waals surface area contributed by atoms with Crippen LogP contribution in [0.4, 0.5) is 11.8 Å². The Morgan fingerprint density at radius 1 is 1.42 bits per heavy atom. The van der Waals surface area contributed by atoms with Crippen LogP contribution in [0.15, 0.2) is 6.20 Å². The molecule has 0 aliphatic carbocycles. The predicted molar refractivity (Wildman–Crippen MR) is 75.6 cm³/mol. The number of esters is 1. The summed E-state index contributed by atoms with van der Waals surface area (Å²) in [5.74, 6) is 0.905. The van der Waals surface area contributed by atoms with Crippen molar-refractivity contribution in [2.24, 2.45) is 0 Å². The van der Waals surface area contributed by atoms with Gasteiger partial charge in [0.15, 0.2) is 0 Å². The first-order chi connectivity index (χ1) is 9.17. The van der Waals surface area contributed by atoms with Gasteiger partial charge in [-0.1, -0.05) is 11.6 Å². The van der Waals surface area contributed by atoms with Crippen molar-refractivity contribution in [3.8, 4) is 0 Å². The Bertz CT molecular complexity index is 415. The molecule has 0 saturated carbocycles. The molecular weight excluding hydrogens is 268 g/mol. The highest BCUT2D eigenvalue weighted by atomic mass is 35.5. The van der Waals surface area contributed by atoms with E-state index in [0.717, 1.165) is 6.54 Å². The maximum atomic E-state index is 11.1. The largest absolute Gasteiger partial charge is 0.466 e. The maximum Gasteiger partial charge on any atom is 0.305 e. The third-order valence-electron chi connectivity index (χ3n) is 2.23. The van der Waals surface area contributed by atoms with E-state index in [-0.39, 0.29) is 5.97 Å². The van der Waals surface area contributed by atoms with Crippen molar-refractivity contribution in [1.29, 1.82) is 0 Å². The van der Waals surface area contributed by atoms with E-state index in [0.29, 0.717) is 42.8 Å². The van der Waals surface area contributed by atoms with Crippen LogP contribution in [-0.4, -0.2) is 35.6 Å². The quantitative estimate of drug-likeness (QED) is 0.564. The maximum absolute atomic E-state index is 11.1. The Kier molecular flexibility index (Phi) is 6.95. The first-order valence-corrected chi connectivity index (χ1v) is 6.71. The van der Waals surface area contributed by atoms with E-state index in [4.69, 9.17) is 16.3 Å². The van der Waals surface area contributed by atoms with E-state index < -0.39 is 0 Å². The zero-order chi connectivity index (χ0) is 14.1. The smallest absolute Gasteiger partial charge is 0.305 e. The number of carbonyl (C=O) groups excluding carboxylic acids is 1. The second-order valence-corrected chi connectivity index (χ2v) is 4.16. The first-order valence-electron chi connectivity index (χ1n) is 6.33. The molecule has 0 fully saturated rings. The number of hydrogen-bond acceptors (Lipinski definition) is 6. The highest BCUT2D eigenvalue weighted by molar-refractivity contribution is 6.32. The second-order valence-electron chi connectivity index (χ2n) is 3.76. The fraction of sp³-hybridized carbons (Fsp3) is 0.583. The summed E-state index contributed by atoms with van der Waals surface area (Å²) in [6.45, 7) is 5.50. The molecule has 0 radical (unpaired) electrons. The number of hydrogen-bond donors (Lipinski definition) is 2. The fourth-order valence-electron chi connectivity index (χ4n) is 1.41. The molecule has 19 heavy (non-hydrogen) atoms. The van der Waals surface area contributed by atoms with Crippen LogP contribution >= 0.6 is 11.6 Å². The highest BCUT2D eigenvalue weighted by Gasteiger charge is 2.05. The number of halogens is 1. The summed E-state index contributed by atoms with van der Waals surface area (Å²) in [7, 11) is 0. The third-order valence-corrected chi connectivity index (χ3v) is 2.51. The van der Waals surface area contributed by atoms with Gasteiger partial charge in [0.25, 0.3) is 0 Å². The van der Waals surface area contributed by atoms with Crippen molar-refractivity contribution in [3.63, 3.8) is 0 Å². The van der Waals surface area contributed by atoms with Crippen LogP contribution in [0.5, 0.6) is 0 Å². The molecule has 2 N–H and O–H groups in total. The molecule has 0 aliphatic rings. The third kappa shape index (κ3) is 5.74. The van der Waals surface area contributed by atoms with Crippen molar-refractivity contribution in [2.45, 2.75) is 26.7 Å². The molecule has 106 valence electrons. The van der Waals surface area contributed by atoms with Crippen LogP contribution in [0.1, 0.15) is 26.7 Å². The number of anilines is 2. The molecule has 0 unspecified atom stereocenters. The summed E-state index contributed by atoms with van der Waals surface area (Å²) in [5.41, 5.74) is 0. The highest BCUT2D eigenvalue weighted by Crippen LogP contribution is 2.19. The van der Waals surface area contributed by atoms with Gasteiger partial charge in [-0.05, 0) is 20.3 Å². The summed E-state index contributed by atoms with van der Waals surface area (Å²) in [4.78, 5) is 19.4. The zero-order valence-electron chi connectivity index (χ0n) is 11.2. The van der Waals surface area contributed by atoms with Gasteiger partial charge >= 0.3 is 5.97 Å². The summed E-state index contributed by atoms with van der Waals surface area (Å²) in [5, 5.41) is 6.54. The van der Waals surface area contributed by atoms with Gasteiger partial charge in [0, 0.05) is 19.5 Å². The van der Waals surface area contributed by atoms with Gasteiger partial charge in [0.2, 0.25) is 5.95 Å². The van der Waals surface area contributed by atoms with E-state index in [1.165, 1.54) is 0 Å². The van der Waals surface area contributed by atoms with Crippen LogP contribution in [-0.2, 0) is 9.53 Å². The van der Waals surface area contributed by atoms with E-state index in [2.05, 4.69) is 20.6 Å². The van der Waals surface area contributed by atoms with Gasteiger partial charge in [-0.15, -0.1) is 0 Å². The molecule has 0 spiro atoms. The Hall–Kier alpha value is -1.56. The number of aromatic nitrogens is 2. The minimum Gasteiger partial charge on any atom is -0.466 e. The van der Waals surface area contributed by atoms with Gasteiger partial charge in [-0.2, -0.15) is 4.98 Å². The number of nitrogens with one attached hydrogen (secondary N) is 2. The van der Waals surface area contributed by atoms with Gasteiger partial charge < -0.3 is 15.4 Å². The van der Waals surface area contributed by atoms with Gasteiger partial charge in [-0.3, -0.25) is 4.79 Å². The molecule has 0 aliphatic heterocycles. The van der Waals surface area contributed by atoms with Crippen molar-refractivity contribution in [2.75, 3.05) is 30.3 Å². The lowest BCUT2D eigenvalue weighted by atomic mass is 10.3. The molecule has 1 rings (SSSR count). The lowest BCUT2D eigenvalue weighted by Gasteiger charge is -2.09. The predicted octanol–water partition coefficient (Wildman–Crippen LogP) is 2.32. The molecule has 1 heterocycles. The SMILES string of the molecule is CCNc1ncc(Cl)c(NCCCC(=O)OCC)n1. The van der Waals surface area contributed by atoms with Crippen LogP contribution in [0.2, 0.25) is 5.02 Å². The minimum absolute atomic E-state index is 0.188. The van der Waals surface area contributed by atoms with Gasteiger partial charge in [0.1, 0.15) is 10.8 Å². The van der Waals surface area contributed by atoms with Crippen LogP contribution in [0.3, 0.4) is 0 Å². The Balaban J connectivity index is 2.39. The lowest BCUT2D eigenvalue weighted by Crippen LogP contribution is -2.10. The normalized spacial score (nSPS) is 10.1. The first kappa shape index (κ1) is 15.5. The summed E-state index contributed by atoms with van der Waals surface area (Å²) < 4.78 is 4.84. The van der Waals surface area contributed by atoms with Gasteiger partial charge in [0.05, 0.1) is 12.8 Å². The molecule has 0 bridgehead atoms. The van der Waals surface area contributed by atoms with Crippen molar-refractivity contribution in [3.05, 3.63) is 11.2 Å². The number of rotatable bonds is 8. The monoisotopic (exact) mass is 286 g/mol. The van der Waals surface area contributed by atoms with Crippen molar-refractivity contribution < 1.29 is 9.53 Å². The molecule has 0 saturated heterocycles. The molecule has 0 amide bonds. The average molecular weight is 287 g/mol. The van der Waals surface area contributed by atoms with Crippen molar-refractivity contribution in [1.82, 2.24) is 9.97 Å². The molecular formula is C12H19ClN4O2.